The molecule has 90 valence electrons. The van der Waals surface area contributed by atoms with Gasteiger partial charge in [-0.2, -0.15) is 5.10 Å². The Morgan fingerprint density at radius 3 is 3.00 bits per heavy atom. The summed E-state index contributed by atoms with van der Waals surface area (Å²) in [6.07, 6.45) is 4.59. The van der Waals surface area contributed by atoms with Gasteiger partial charge in [-0.1, -0.05) is 0 Å². The van der Waals surface area contributed by atoms with Crippen molar-refractivity contribution in [3.8, 4) is 0 Å². The summed E-state index contributed by atoms with van der Waals surface area (Å²) in [4.78, 5) is 17.5. The van der Waals surface area contributed by atoms with Crippen LogP contribution in [-0.2, 0) is 6.54 Å². The highest BCUT2D eigenvalue weighted by Crippen LogP contribution is 2.06. The fraction of sp³-hybridized carbons (Fsp3) is 0.222. The Balaban J connectivity index is 1.94. The molecule has 0 spiro atoms. The smallest absolute Gasteiger partial charge is 0.276 e. The highest BCUT2D eigenvalue weighted by Gasteiger charge is 2.03. The van der Waals surface area contributed by atoms with Crippen LogP contribution in [0.15, 0.2) is 23.5 Å². The monoisotopic (exact) mass is 235 g/mol. The average molecular weight is 235 g/mol. The second-order valence-electron chi connectivity index (χ2n) is 3.46. The SMILES string of the molecule is Nc1cnn(CCNc2nc[nH]c(=O)c2N)c1. The first-order chi connectivity index (χ1) is 8.16. The number of H-pyrrole nitrogens is 1. The Labute approximate surface area is 96.7 Å². The zero-order valence-electron chi connectivity index (χ0n) is 9.05. The summed E-state index contributed by atoms with van der Waals surface area (Å²) in [7, 11) is 0. The van der Waals surface area contributed by atoms with Gasteiger partial charge in [0, 0.05) is 12.7 Å². The molecule has 0 saturated heterocycles. The molecular weight excluding hydrogens is 222 g/mol. The van der Waals surface area contributed by atoms with E-state index in [1.54, 1.807) is 17.1 Å². The van der Waals surface area contributed by atoms with Crippen LogP contribution in [0, 0.1) is 0 Å². The molecule has 0 aliphatic rings. The summed E-state index contributed by atoms with van der Waals surface area (Å²) in [5, 5.41) is 6.97. The number of aromatic nitrogens is 4. The van der Waals surface area contributed by atoms with E-state index in [0.717, 1.165) is 0 Å². The first-order valence-corrected chi connectivity index (χ1v) is 5.02. The molecule has 0 saturated carbocycles. The number of nitrogens with two attached hydrogens (primary N) is 2. The molecule has 0 amide bonds. The van der Waals surface area contributed by atoms with Gasteiger partial charge in [-0.05, 0) is 0 Å². The van der Waals surface area contributed by atoms with Crippen molar-refractivity contribution in [3.63, 3.8) is 0 Å². The van der Waals surface area contributed by atoms with E-state index < -0.39 is 0 Å². The molecule has 8 nitrogen and oxygen atoms in total. The van der Waals surface area contributed by atoms with E-state index in [2.05, 4.69) is 20.4 Å². The summed E-state index contributed by atoms with van der Waals surface area (Å²) >= 11 is 0. The molecule has 2 heterocycles. The van der Waals surface area contributed by atoms with Crippen LogP contribution >= 0.6 is 0 Å². The minimum Gasteiger partial charge on any atom is -0.396 e. The minimum absolute atomic E-state index is 0.0764. The highest BCUT2D eigenvalue weighted by atomic mass is 16.1. The number of nitrogens with one attached hydrogen (secondary N) is 2. The number of hydrogen-bond acceptors (Lipinski definition) is 6. The van der Waals surface area contributed by atoms with Crippen LogP contribution in [0.5, 0.6) is 0 Å². The molecule has 2 aromatic rings. The lowest BCUT2D eigenvalue weighted by Gasteiger charge is -2.06. The first-order valence-electron chi connectivity index (χ1n) is 5.02. The number of rotatable bonds is 4. The third-order valence-electron chi connectivity index (χ3n) is 2.18. The largest absolute Gasteiger partial charge is 0.396 e. The van der Waals surface area contributed by atoms with E-state index in [-0.39, 0.29) is 11.2 Å². The van der Waals surface area contributed by atoms with Gasteiger partial charge in [0.15, 0.2) is 5.82 Å². The van der Waals surface area contributed by atoms with Crippen LogP contribution < -0.4 is 22.3 Å². The van der Waals surface area contributed by atoms with Crippen molar-refractivity contribution >= 4 is 17.2 Å². The van der Waals surface area contributed by atoms with Gasteiger partial charge in [-0.3, -0.25) is 9.48 Å². The van der Waals surface area contributed by atoms with E-state index in [9.17, 15) is 4.79 Å². The second kappa shape index (κ2) is 4.56. The molecular formula is C9H13N7O. The maximum absolute atomic E-state index is 11.2. The van der Waals surface area contributed by atoms with Gasteiger partial charge in [-0.15, -0.1) is 0 Å². The average Bonchev–Trinajstić information content (AvgIpc) is 2.70. The Bertz CT molecular complexity index is 558. The highest BCUT2D eigenvalue weighted by molar-refractivity contribution is 5.58. The fourth-order valence-electron chi connectivity index (χ4n) is 1.34. The molecule has 17 heavy (non-hydrogen) atoms. The van der Waals surface area contributed by atoms with Crippen molar-refractivity contribution in [1.29, 1.82) is 0 Å². The number of anilines is 3. The van der Waals surface area contributed by atoms with Crippen molar-refractivity contribution < 1.29 is 0 Å². The standard InChI is InChI=1S/C9H13N7O/c10-6-3-15-16(4-6)2-1-12-8-7(11)9(17)14-5-13-8/h3-5H,1-2,10-11H2,(H2,12,13,14,17). The summed E-state index contributed by atoms with van der Waals surface area (Å²) in [5.41, 5.74) is 11.4. The van der Waals surface area contributed by atoms with Crippen LogP contribution in [0.3, 0.4) is 0 Å². The van der Waals surface area contributed by atoms with Crippen molar-refractivity contribution in [2.45, 2.75) is 6.54 Å². The molecule has 0 fully saturated rings. The van der Waals surface area contributed by atoms with Crippen molar-refractivity contribution in [3.05, 3.63) is 29.1 Å². The minimum atomic E-state index is -0.356. The Morgan fingerprint density at radius 1 is 1.47 bits per heavy atom. The van der Waals surface area contributed by atoms with Crippen LogP contribution in [-0.4, -0.2) is 26.3 Å². The molecule has 0 aromatic carbocycles. The number of hydrogen-bond donors (Lipinski definition) is 4. The Kier molecular flexibility index (Phi) is 2.95. The van der Waals surface area contributed by atoms with Gasteiger partial charge in [0.05, 0.1) is 24.8 Å². The van der Waals surface area contributed by atoms with Gasteiger partial charge in [0.1, 0.15) is 5.69 Å². The number of nitrogens with zero attached hydrogens (tertiary/aromatic N) is 3. The Hall–Kier alpha value is -2.51. The lowest BCUT2D eigenvalue weighted by molar-refractivity contribution is 0.637. The summed E-state index contributed by atoms with van der Waals surface area (Å²) in [6, 6.07) is 0. The molecule has 0 bridgehead atoms. The predicted molar refractivity (Wildman–Crippen MR) is 64.4 cm³/mol. The topological polar surface area (TPSA) is 128 Å². The van der Waals surface area contributed by atoms with Crippen molar-refractivity contribution in [2.75, 3.05) is 23.3 Å². The van der Waals surface area contributed by atoms with Gasteiger partial charge in [0.25, 0.3) is 5.56 Å². The molecule has 0 radical (unpaired) electrons. The van der Waals surface area contributed by atoms with E-state index in [1.165, 1.54) is 6.33 Å². The second-order valence-corrected chi connectivity index (χ2v) is 3.46. The van der Waals surface area contributed by atoms with Crippen molar-refractivity contribution in [1.82, 2.24) is 19.7 Å². The van der Waals surface area contributed by atoms with E-state index in [4.69, 9.17) is 11.5 Å². The molecule has 0 unspecified atom stereocenters. The third kappa shape index (κ3) is 2.54. The number of nitrogen functional groups attached to an aromatic ring is 2. The molecule has 2 aromatic heterocycles. The molecule has 0 aliphatic carbocycles. The van der Waals surface area contributed by atoms with Gasteiger partial charge < -0.3 is 21.8 Å². The maximum Gasteiger partial charge on any atom is 0.276 e. The van der Waals surface area contributed by atoms with Crippen LogP contribution in [0.2, 0.25) is 0 Å². The summed E-state index contributed by atoms with van der Waals surface area (Å²) in [5.74, 6) is 0.369. The van der Waals surface area contributed by atoms with Crippen molar-refractivity contribution in [2.24, 2.45) is 0 Å². The summed E-state index contributed by atoms with van der Waals surface area (Å²) in [6.45, 7) is 1.15. The molecule has 8 heteroatoms. The van der Waals surface area contributed by atoms with E-state index >= 15 is 0 Å². The normalized spacial score (nSPS) is 10.4. The zero-order chi connectivity index (χ0) is 12.3. The zero-order valence-corrected chi connectivity index (χ0v) is 9.05. The molecule has 2 rings (SSSR count). The van der Waals surface area contributed by atoms with E-state index in [1.807, 2.05) is 0 Å². The lowest BCUT2D eigenvalue weighted by atomic mass is 10.4. The van der Waals surface area contributed by atoms with E-state index in [0.29, 0.717) is 24.6 Å². The molecule has 6 N–H and O–H groups in total. The van der Waals surface area contributed by atoms with Crippen LogP contribution in [0.4, 0.5) is 17.2 Å². The molecule has 0 atom stereocenters. The summed E-state index contributed by atoms with van der Waals surface area (Å²) < 4.78 is 1.69. The number of aromatic amines is 1. The quantitative estimate of drug-likeness (QED) is 0.551. The predicted octanol–water partition coefficient (Wildman–Crippen LogP) is -0.757. The first kappa shape index (κ1) is 11.0. The third-order valence-corrected chi connectivity index (χ3v) is 2.18. The van der Waals surface area contributed by atoms with Gasteiger partial charge in [0.2, 0.25) is 0 Å². The fourth-order valence-corrected chi connectivity index (χ4v) is 1.34. The van der Waals surface area contributed by atoms with Crippen LogP contribution in [0.1, 0.15) is 0 Å². The molecule has 0 aliphatic heterocycles. The lowest BCUT2D eigenvalue weighted by Crippen LogP contribution is -2.18. The maximum atomic E-state index is 11.2. The Morgan fingerprint density at radius 2 is 2.29 bits per heavy atom. The van der Waals surface area contributed by atoms with Gasteiger partial charge >= 0.3 is 0 Å². The van der Waals surface area contributed by atoms with Gasteiger partial charge in [-0.25, -0.2) is 4.98 Å². The van der Waals surface area contributed by atoms with Crippen LogP contribution in [0.25, 0.3) is 0 Å².